The molecule has 2 aliphatic carbocycles. The molecule has 62 valence electrons. The van der Waals surface area contributed by atoms with Gasteiger partial charge in [0.25, 0.3) is 0 Å². The summed E-state index contributed by atoms with van der Waals surface area (Å²) in [6.07, 6.45) is 4.64. The number of fused-ring (bicyclic) bond motifs is 4. The van der Waals surface area contributed by atoms with Crippen LogP contribution in [0, 0.1) is 23.7 Å². The van der Waals surface area contributed by atoms with Gasteiger partial charge in [-0.25, -0.2) is 0 Å². The third-order valence-electron chi connectivity index (χ3n) is 4.32. The van der Waals surface area contributed by atoms with Gasteiger partial charge in [0.05, 0.1) is 0 Å². The molecular weight excluding hydrogens is 134 g/mol. The average molecular weight is 151 g/mol. The van der Waals surface area contributed by atoms with E-state index in [-0.39, 0.29) is 0 Å². The van der Waals surface area contributed by atoms with Crippen LogP contribution in [-0.4, -0.2) is 25.0 Å². The first kappa shape index (κ1) is 6.47. The third kappa shape index (κ3) is 0.703. The minimum absolute atomic E-state index is 1.12. The SMILES string of the molecule is CN1CC2C3CCCC3C2C1. The van der Waals surface area contributed by atoms with Gasteiger partial charge >= 0.3 is 0 Å². The van der Waals surface area contributed by atoms with Gasteiger partial charge in [0.15, 0.2) is 0 Å². The lowest BCUT2D eigenvalue weighted by atomic mass is 9.60. The maximum atomic E-state index is 2.54. The van der Waals surface area contributed by atoms with Crippen LogP contribution in [0.15, 0.2) is 0 Å². The van der Waals surface area contributed by atoms with Crippen LogP contribution < -0.4 is 0 Å². The average Bonchev–Trinajstić information content (AvgIpc) is 2.49. The van der Waals surface area contributed by atoms with Gasteiger partial charge in [-0.1, -0.05) is 6.42 Å². The number of nitrogens with zero attached hydrogens (tertiary/aromatic N) is 1. The highest BCUT2D eigenvalue weighted by Crippen LogP contribution is 2.57. The summed E-state index contributed by atoms with van der Waals surface area (Å²) >= 11 is 0. The third-order valence-corrected chi connectivity index (χ3v) is 4.32. The van der Waals surface area contributed by atoms with Crippen molar-refractivity contribution in [2.45, 2.75) is 19.3 Å². The summed E-state index contributed by atoms with van der Waals surface area (Å²) in [5, 5.41) is 0. The van der Waals surface area contributed by atoms with Crippen molar-refractivity contribution in [3.63, 3.8) is 0 Å². The van der Waals surface area contributed by atoms with E-state index in [1.807, 2.05) is 0 Å². The normalized spacial score (nSPS) is 55.4. The van der Waals surface area contributed by atoms with Gasteiger partial charge in [-0.3, -0.25) is 0 Å². The fourth-order valence-corrected chi connectivity index (χ4v) is 3.91. The summed E-state index contributed by atoms with van der Waals surface area (Å²) in [6.45, 7) is 2.82. The molecule has 3 fully saturated rings. The van der Waals surface area contributed by atoms with Gasteiger partial charge in [-0.05, 0) is 43.6 Å². The first-order chi connectivity index (χ1) is 5.36. The Bertz CT molecular complexity index is 160. The van der Waals surface area contributed by atoms with Crippen molar-refractivity contribution in [1.29, 1.82) is 0 Å². The summed E-state index contributed by atoms with van der Waals surface area (Å²) in [6, 6.07) is 0. The molecule has 0 aromatic heterocycles. The molecule has 1 heterocycles. The Kier molecular flexibility index (Phi) is 1.18. The molecule has 2 saturated carbocycles. The van der Waals surface area contributed by atoms with Crippen molar-refractivity contribution >= 4 is 0 Å². The molecule has 1 saturated heterocycles. The second-order valence-corrected chi connectivity index (χ2v) is 4.81. The number of hydrogen-bond acceptors (Lipinski definition) is 1. The van der Waals surface area contributed by atoms with Crippen molar-refractivity contribution in [3.8, 4) is 0 Å². The van der Waals surface area contributed by atoms with E-state index in [0.29, 0.717) is 0 Å². The van der Waals surface area contributed by atoms with Crippen LogP contribution in [0.4, 0.5) is 0 Å². The fourth-order valence-electron chi connectivity index (χ4n) is 3.91. The minimum atomic E-state index is 1.12. The molecule has 3 rings (SSSR count). The van der Waals surface area contributed by atoms with E-state index in [0.717, 1.165) is 23.7 Å². The van der Waals surface area contributed by atoms with Gasteiger partial charge in [-0.15, -0.1) is 0 Å². The van der Waals surface area contributed by atoms with Crippen molar-refractivity contribution in [2.75, 3.05) is 20.1 Å². The number of likely N-dealkylation sites (tertiary alicyclic amines) is 1. The van der Waals surface area contributed by atoms with Crippen LogP contribution in [0.2, 0.25) is 0 Å². The van der Waals surface area contributed by atoms with Crippen LogP contribution in [0.25, 0.3) is 0 Å². The second kappa shape index (κ2) is 2.01. The highest BCUT2D eigenvalue weighted by Gasteiger charge is 2.54. The molecule has 0 amide bonds. The lowest BCUT2D eigenvalue weighted by Crippen LogP contribution is -2.42. The van der Waals surface area contributed by atoms with Crippen molar-refractivity contribution in [1.82, 2.24) is 4.90 Å². The van der Waals surface area contributed by atoms with Gasteiger partial charge < -0.3 is 4.90 Å². The molecule has 0 N–H and O–H groups in total. The molecule has 0 aromatic carbocycles. The van der Waals surface area contributed by atoms with Crippen LogP contribution in [0.5, 0.6) is 0 Å². The zero-order valence-electron chi connectivity index (χ0n) is 7.29. The molecule has 1 nitrogen and oxygen atoms in total. The standard InChI is InChI=1S/C10H17N/c1-11-5-9-7-3-2-4-8(7)10(9)6-11/h7-10H,2-6H2,1H3. The molecule has 0 aromatic rings. The Morgan fingerprint density at radius 3 is 2.00 bits per heavy atom. The smallest absolute Gasteiger partial charge is 0.00127 e. The van der Waals surface area contributed by atoms with Gasteiger partial charge in [-0.2, -0.15) is 0 Å². The van der Waals surface area contributed by atoms with E-state index in [1.165, 1.54) is 19.5 Å². The van der Waals surface area contributed by atoms with Crippen LogP contribution in [0.1, 0.15) is 19.3 Å². The Labute approximate surface area is 68.8 Å². The lowest BCUT2D eigenvalue weighted by Gasteiger charge is -2.44. The van der Waals surface area contributed by atoms with E-state index in [1.54, 1.807) is 12.8 Å². The molecule has 4 unspecified atom stereocenters. The Balaban J connectivity index is 1.80. The molecule has 1 heteroatoms. The van der Waals surface area contributed by atoms with Gasteiger partial charge in [0.1, 0.15) is 0 Å². The Morgan fingerprint density at radius 1 is 0.909 bits per heavy atom. The van der Waals surface area contributed by atoms with E-state index in [9.17, 15) is 0 Å². The zero-order valence-corrected chi connectivity index (χ0v) is 7.29. The highest BCUT2D eigenvalue weighted by atomic mass is 15.1. The molecule has 0 radical (unpaired) electrons. The minimum Gasteiger partial charge on any atom is -0.306 e. The number of rotatable bonds is 0. The van der Waals surface area contributed by atoms with Gasteiger partial charge in [0.2, 0.25) is 0 Å². The van der Waals surface area contributed by atoms with Crippen molar-refractivity contribution in [3.05, 3.63) is 0 Å². The molecule has 4 atom stereocenters. The second-order valence-electron chi connectivity index (χ2n) is 4.81. The first-order valence-corrected chi connectivity index (χ1v) is 5.05. The van der Waals surface area contributed by atoms with Crippen molar-refractivity contribution in [2.24, 2.45) is 23.7 Å². The summed E-state index contributed by atoms with van der Waals surface area (Å²) in [5.41, 5.74) is 0. The molecule has 1 aliphatic heterocycles. The highest BCUT2D eigenvalue weighted by molar-refractivity contribution is 5.05. The van der Waals surface area contributed by atoms with Crippen LogP contribution in [0.3, 0.4) is 0 Å². The molecular formula is C10H17N. The van der Waals surface area contributed by atoms with E-state index < -0.39 is 0 Å². The quantitative estimate of drug-likeness (QED) is 0.508. The predicted octanol–water partition coefficient (Wildman–Crippen LogP) is 1.59. The zero-order chi connectivity index (χ0) is 7.42. The van der Waals surface area contributed by atoms with E-state index in [4.69, 9.17) is 0 Å². The summed E-state index contributed by atoms with van der Waals surface area (Å²) in [4.78, 5) is 2.54. The van der Waals surface area contributed by atoms with Crippen LogP contribution in [-0.2, 0) is 0 Å². The molecule has 11 heavy (non-hydrogen) atoms. The largest absolute Gasteiger partial charge is 0.306 e. The summed E-state index contributed by atoms with van der Waals surface area (Å²) < 4.78 is 0. The Hall–Kier alpha value is -0.0400. The maximum Gasteiger partial charge on any atom is 0.00127 e. The number of hydrogen-bond donors (Lipinski definition) is 0. The maximum absolute atomic E-state index is 2.54. The predicted molar refractivity (Wildman–Crippen MR) is 45.3 cm³/mol. The summed E-state index contributed by atoms with van der Waals surface area (Å²) in [7, 11) is 2.29. The fraction of sp³-hybridized carbons (Fsp3) is 1.00. The molecule has 3 aliphatic rings. The van der Waals surface area contributed by atoms with Crippen LogP contribution >= 0.6 is 0 Å². The Morgan fingerprint density at radius 2 is 1.45 bits per heavy atom. The van der Waals surface area contributed by atoms with E-state index in [2.05, 4.69) is 11.9 Å². The van der Waals surface area contributed by atoms with Crippen molar-refractivity contribution < 1.29 is 0 Å². The summed E-state index contributed by atoms with van der Waals surface area (Å²) in [5.74, 6) is 4.55. The topological polar surface area (TPSA) is 3.24 Å². The molecule has 0 bridgehead atoms. The molecule has 0 spiro atoms. The lowest BCUT2D eigenvalue weighted by molar-refractivity contribution is 0.0462. The monoisotopic (exact) mass is 151 g/mol. The first-order valence-electron chi connectivity index (χ1n) is 5.05. The van der Waals surface area contributed by atoms with E-state index >= 15 is 0 Å². The van der Waals surface area contributed by atoms with Gasteiger partial charge in [0, 0.05) is 13.1 Å².